The molecule has 3 aromatic carbocycles. The molecule has 1 aliphatic rings. The molecule has 0 aliphatic carbocycles. The predicted molar refractivity (Wildman–Crippen MR) is 147 cm³/mol. The van der Waals surface area contributed by atoms with Crippen LogP contribution in [0.4, 0.5) is 5.69 Å². The van der Waals surface area contributed by atoms with E-state index in [1.54, 1.807) is 12.1 Å². The number of carbonyl (C=O) groups excluding carboxylic acids is 2. The zero-order chi connectivity index (χ0) is 26.0. The Labute approximate surface area is 221 Å². The van der Waals surface area contributed by atoms with Gasteiger partial charge in [0, 0.05) is 45.3 Å². The lowest BCUT2D eigenvalue weighted by Crippen LogP contribution is -2.31. The van der Waals surface area contributed by atoms with E-state index in [2.05, 4.69) is 15.9 Å². The number of carbonyl (C=O) groups is 2. The van der Waals surface area contributed by atoms with Gasteiger partial charge in [0.1, 0.15) is 5.58 Å². The second-order valence-electron chi connectivity index (χ2n) is 9.44. The normalized spacial score (nSPS) is 15.9. The van der Waals surface area contributed by atoms with Crippen LogP contribution in [0.3, 0.4) is 0 Å². The number of nitrogens with zero attached hydrogens (tertiary/aromatic N) is 2. The predicted octanol–water partition coefficient (Wildman–Crippen LogP) is 7.09. The second kappa shape index (κ2) is 8.49. The van der Waals surface area contributed by atoms with Crippen molar-refractivity contribution in [3.8, 4) is 0 Å². The smallest absolute Gasteiger partial charge is 0.294 e. The Bertz CT molecular complexity index is 1790. The number of fused-ring (bicyclic) bond motifs is 2. The van der Waals surface area contributed by atoms with E-state index in [1.807, 2.05) is 86.3 Å². The number of hydrogen-bond acceptors (Lipinski definition) is 4. The van der Waals surface area contributed by atoms with Crippen LogP contribution < -0.4 is 4.90 Å². The van der Waals surface area contributed by atoms with Crippen molar-refractivity contribution in [2.24, 2.45) is 7.05 Å². The zero-order valence-electron chi connectivity index (χ0n) is 20.4. The number of rotatable bonds is 4. The molecule has 0 fully saturated rings. The molecule has 3 heterocycles. The highest BCUT2D eigenvalue weighted by Gasteiger charge is 2.46. The minimum absolute atomic E-state index is 0.00213. The maximum Gasteiger partial charge on any atom is 0.294 e. The van der Waals surface area contributed by atoms with Crippen molar-refractivity contribution in [1.29, 1.82) is 0 Å². The molecule has 0 saturated carbocycles. The summed E-state index contributed by atoms with van der Waals surface area (Å²) in [6.45, 7) is 3.97. The lowest BCUT2D eigenvalue weighted by atomic mass is 9.94. The van der Waals surface area contributed by atoms with Crippen LogP contribution in [-0.4, -0.2) is 21.4 Å². The number of para-hydroxylation sites is 1. The molecule has 7 heteroatoms. The Morgan fingerprint density at radius 2 is 1.78 bits per heavy atom. The average Bonchev–Trinajstić information content (AvgIpc) is 3.53. The van der Waals surface area contributed by atoms with Crippen molar-refractivity contribution in [2.75, 3.05) is 4.90 Å². The number of amides is 1. The number of aliphatic hydroxyl groups excluding tert-OH is 1. The third-order valence-corrected chi connectivity index (χ3v) is 7.64. The van der Waals surface area contributed by atoms with E-state index >= 15 is 0 Å². The van der Waals surface area contributed by atoms with Gasteiger partial charge in [0.2, 0.25) is 5.78 Å². The minimum atomic E-state index is -0.840. The average molecular weight is 555 g/mol. The summed E-state index contributed by atoms with van der Waals surface area (Å²) < 4.78 is 8.70. The van der Waals surface area contributed by atoms with Crippen molar-refractivity contribution in [3.63, 3.8) is 0 Å². The molecule has 0 saturated heterocycles. The van der Waals surface area contributed by atoms with Crippen molar-refractivity contribution in [3.05, 3.63) is 111 Å². The Balaban J connectivity index is 1.57. The fourth-order valence-electron chi connectivity index (χ4n) is 5.12. The number of furan rings is 1. The molecule has 1 N–H and O–H groups in total. The number of benzene rings is 3. The summed E-state index contributed by atoms with van der Waals surface area (Å²) in [6, 6.07) is 19.8. The van der Waals surface area contributed by atoms with Crippen LogP contribution in [0.1, 0.15) is 33.3 Å². The summed E-state index contributed by atoms with van der Waals surface area (Å²) in [6.07, 6.45) is 1.91. The molecule has 0 spiro atoms. The summed E-state index contributed by atoms with van der Waals surface area (Å²) in [5.74, 6) is -1.65. The summed E-state index contributed by atoms with van der Waals surface area (Å²) in [4.78, 5) is 29.1. The van der Waals surface area contributed by atoms with Gasteiger partial charge in [-0.05, 0) is 67.4 Å². The first-order valence-corrected chi connectivity index (χ1v) is 12.7. The number of Topliss-reactive ketones (excluding diaryl/α,β-unsaturated/α-hetero) is 1. The molecule has 184 valence electrons. The molecule has 6 nitrogen and oxygen atoms in total. The number of anilines is 1. The Morgan fingerprint density at radius 1 is 1.00 bits per heavy atom. The van der Waals surface area contributed by atoms with Crippen molar-refractivity contribution >= 4 is 55.2 Å². The zero-order valence-corrected chi connectivity index (χ0v) is 22.0. The van der Waals surface area contributed by atoms with E-state index in [0.717, 1.165) is 37.5 Å². The third-order valence-electron chi connectivity index (χ3n) is 7.15. The molecule has 1 unspecified atom stereocenters. The van der Waals surface area contributed by atoms with Crippen LogP contribution in [0.2, 0.25) is 0 Å². The first kappa shape index (κ1) is 23.3. The van der Waals surface area contributed by atoms with Gasteiger partial charge in [-0.3, -0.25) is 14.5 Å². The Kier molecular flexibility index (Phi) is 5.35. The topological polar surface area (TPSA) is 75.7 Å². The van der Waals surface area contributed by atoms with Gasteiger partial charge in [-0.1, -0.05) is 40.2 Å². The van der Waals surface area contributed by atoms with Crippen molar-refractivity contribution in [1.82, 2.24) is 4.57 Å². The fraction of sp³-hybridized carbons (Fsp3) is 0.133. The minimum Gasteiger partial charge on any atom is -0.503 e. The molecule has 0 radical (unpaired) electrons. The highest BCUT2D eigenvalue weighted by molar-refractivity contribution is 9.10. The van der Waals surface area contributed by atoms with Crippen LogP contribution >= 0.6 is 15.9 Å². The quantitative estimate of drug-likeness (QED) is 0.241. The van der Waals surface area contributed by atoms with Crippen LogP contribution in [0.5, 0.6) is 0 Å². The van der Waals surface area contributed by atoms with Crippen molar-refractivity contribution < 1.29 is 19.1 Å². The first-order chi connectivity index (χ1) is 17.7. The molecule has 2 aromatic heterocycles. The maximum absolute atomic E-state index is 14.0. The van der Waals surface area contributed by atoms with Crippen LogP contribution in [-0.2, 0) is 11.8 Å². The van der Waals surface area contributed by atoms with Gasteiger partial charge in [0.25, 0.3) is 5.91 Å². The van der Waals surface area contributed by atoms with Crippen molar-refractivity contribution in [2.45, 2.75) is 19.9 Å². The molecule has 1 amide bonds. The monoisotopic (exact) mass is 554 g/mol. The number of halogens is 1. The third kappa shape index (κ3) is 3.61. The summed E-state index contributed by atoms with van der Waals surface area (Å²) in [7, 11) is 1.92. The molecule has 37 heavy (non-hydrogen) atoms. The molecule has 0 bridgehead atoms. The highest BCUT2D eigenvalue weighted by Crippen LogP contribution is 2.45. The van der Waals surface area contributed by atoms with Gasteiger partial charge in [-0.25, -0.2) is 0 Å². The Morgan fingerprint density at radius 3 is 2.57 bits per heavy atom. The maximum atomic E-state index is 14.0. The summed E-state index contributed by atoms with van der Waals surface area (Å²) in [5, 5.41) is 12.8. The number of aryl methyl sites for hydroxylation is 3. The lowest BCUT2D eigenvalue weighted by Gasteiger charge is -2.27. The van der Waals surface area contributed by atoms with E-state index in [0.29, 0.717) is 11.3 Å². The standard InChI is InChI=1S/C30H23BrN2O4/c1-16-8-10-20(12-17(16)2)33-27(22-15-32(3)23-7-5-4-6-21(22)23)26(29(35)30(33)36)28(34)25-14-18-13-19(31)9-11-24(18)37-25/h4-15,27,35H,1-3H3. The summed E-state index contributed by atoms with van der Waals surface area (Å²) >= 11 is 3.44. The lowest BCUT2D eigenvalue weighted by molar-refractivity contribution is -0.117. The molecule has 5 aromatic rings. The number of ketones is 1. The number of hydrogen-bond donors (Lipinski definition) is 1. The molecule has 1 atom stereocenters. The van der Waals surface area contributed by atoms with Gasteiger partial charge < -0.3 is 14.1 Å². The largest absolute Gasteiger partial charge is 0.503 e. The number of aliphatic hydroxyl groups is 1. The second-order valence-corrected chi connectivity index (χ2v) is 10.4. The van der Waals surface area contributed by atoms with Crippen LogP contribution in [0.15, 0.2) is 93.1 Å². The van der Waals surface area contributed by atoms with Crippen LogP contribution in [0, 0.1) is 13.8 Å². The summed E-state index contributed by atoms with van der Waals surface area (Å²) in [5.41, 5.74) is 4.94. The van der Waals surface area contributed by atoms with Gasteiger partial charge in [-0.15, -0.1) is 0 Å². The van der Waals surface area contributed by atoms with Gasteiger partial charge in [0.05, 0.1) is 11.6 Å². The van der Waals surface area contributed by atoms with Crippen LogP contribution in [0.25, 0.3) is 21.9 Å². The SMILES string of the molecule is Cc1ccc(N2C(=O)C(O)=C(C(=O)c3cc4cc(Br)ccc4o3)C2c2cn(C)c3ccccc23)cc1C. The Hall–Kier alpha value is -4.10. The highest BCUT2D eigenvalue weighted by atomic mass is 79.9. The van der Waals surface area contributed by atoms with E-state index in [1.165, 1.54) is 4.90 Å². The van der Waals surface area contributed by atoms with E-state index in [9.17, 15) is 14.7 Å². The van der Waals surface area contributed by atoms with Gasteiger partial charge >= 0.3 is 0 Å². The number of aromatic nitrogens is 1. The van der Waals surface area contributed by atoms with E-state index in [-0.39, 0.29) is 11.3 Å². The van der Waals surface area contributed by atoms with E-state index < -0.39 is 23.5 Å². The molecular formula is C30H23BrN2O4. The molecule has 1 aliphatic heterocycles. The molecular weight excluding hydrogens is 532 g/mol. The van der Waals surface area contributed by atoms with E-state index in [4.69, 9.17) is 4.42 Å². The molecule has 6 rings (SSSR count). The van der Waals surface area contributed by atoms with Gasteiger partial charge in [-0.2, -0.15) is 0 Å². The van der Waals surface area contributed by atoms with Gasteiger partial charge in [0.15, 0.2) is 11.5 Å². The first-order valence-electron chi connectivity index (χ1n) is 11.9. The fourth-order valence-corrected chi connectivity index (χ4v) is 5.50.